The van der Waals surface area contributed by atoms with E-state index in [1.807, 2.05) is 0 Å². The largest absolute Gasteiger partial charge is 0.481 e. The van der Waals surface area contributed by atoms with Crippen LogP contribution in [-0.2, 0) is 14.3 Å². The second-order valence-corrected chi connectivity index (χ2v) is 12.8. The molecule has 0 bridgehead atoms. The van der Waals surface area contributed by atoms with Crippen molar-refractivity contribution < 1.29 is 19.4 Å². The number of carboxylic acids is 1. The van der Waals surface area contributed by atoms with Crippen molar-refractivity contribution in [3.05, 3.63) is 12.2 Å². The normalized spacial score (nSPS) is 12.2. The molecule has 0 aromatic heterocycles. The Balaban J connectivity index is 4.00. The highest BCUT2D eigenvalue weighted by atomic mass is 16.5. The van der Waals surface area contributed by atoms with Crippen molar-refractivity contribution in [1.29, 1.82) is 0 Å². The van der Waals surface area contributed by atoms with Crippen LogP contribution in [0.25, 0.3) is 0 Å². The SMILES string of the molecule is CCCC/C=C\CCCCCCCC(=O)OC(CCCCCCCCCCCCCCCC)CCCCCCC(=O)O. The summed E-state index contributed by atoms with van der Waals surface area (Å²) in [4.78, 5) is 23.3. The number of hydrogen-bond donors (Lipinski definition) is 1. The number of esters is 1. The number of unbranched alkanes of at least 4 members (excludes halogenated alkanes) is 23. The zero-order chi connectivity index (χ0) is 30.8. The van der Waals surface area contributed by atoms with Crippen LogP contribution in [0.15, 0.2) is 12.2 Å². The molecule has 4 heteroatoms. The van der Waals surface area contributed by atoms with Gasteiger partial charge in [-0.1, -0.05) is 154 Å². The molecule has 0 aromatic rings. The first-order chi connectivity index (χ1) is 20.6. The molecule has 0 aromatic carbocycles. The van der Waals surface area contributed by atoms with Crippen LogP contribution < -0.4 is 0 Å². The first-order valence-electron chi connectivity index (χ1n) is 18.7. The molecule has 0 aliphatic heterocycles. The second kappa shape index (κ2) is 34.2. The van der Waals surface area contributed by atoms with Gasteiger partial charge in [0, 0.05) is 12.8 Å². The zero-order valence-electron chi connectivity index (χ0n) is 28.3. The maximum atomic E-state index is 12.6. The smallest absolute Gasteiger partial charge is 0.306 e. The minimum Gasteiger partial charge on any atom is -0.481 e. The van der Waals surface area contributed by atoms with Crippen LogP contribution in [-0.4, -0.2) is 23.1 Å². The van der Waals surface area contributed by atoms with Crippen LogP contribution in [0.5, 0.6) is 0 Å². The Labute approximate surface area is 262 Å². The molecule has 1 atom stereocenters. The summed E-state index contributed by atoms with van der Waals surface area (Å²) in [7, 11) is 0. The Morgan fingerprint density at radius 2 is 0.881 bits per heavy atom. The van der Waals surface area contributed by atoms with Crippen molar-refractivity contribution in [2.45, 2.75) is 219 Å². The highest BCUT2D eigenvalue weighted by molar-refractivity contribution is 5.69. The maximum absolute atomic E-state index is 12.6. The molecule has 0 spiro atoms. The molecule has 248 valence electrons. The van der Waals surface area contributed by atoms with Crippen LogP contribution in [0.2, 0.25) is 0 Å². The summed E-state index contributed by atoms with van der Waals surface area (Å²) in [5.74, 6) is -0.728. The fourth-order valence-electron chi connectivity index (χ4n) is 5.69. The first-order valence-corrected chi connectivity index (χ1v) is 18.7. The summed E-state index contributed by atoms with van der Waals surface area (Å²) in [6.45, 7) is 4.51. The predicted octanol–water partition coefficient (Wildman–Crippen LogP) is 12.7. The molecule has 42 heavy (non-hydrogen) atoms. The van der Waals surface area contributed by atoms with E-state index in [1.165, 1.54) is 128 Å². The Morgan fingerprint density at radius 1 is 0.500 bits per heavy atom. The van der Waals surface area contributed by atoms with E-state index in [1.54, 1.807) is 0 Å². The summed E-state index contributed by atoms with van der Waals surface area (Å²) < 4.78 is 5.96. The standard InChI is InChI=1S/C38H72O4/c1-3-5-7-9-11-13-15-16-17-19-20-22-24-28-32-36(33-29-26-27-30-34-37(39)40)42-38(41)35-31-25-23-21-18-14-12-10-8-6-4-2/h10,12,36H,3-9,11,13-35H2,1-2H3,(H,39,40)/b12-10-. The minimum absolute atomic E-state index is 0.0184. The molecule has 0 fully saturated rings. The van der Waals surface area contributed by atoms with E-state index in [9.17, 15) is 9.59 Å². The number of allylic oxidation sites excluding steroid dienone is 2. The average molecular weight is 593 g/mol. The lowest BCUT2D eigenvalue weighted by atomic mass is 10.0. The highest BCUT2D eigenvalue weighted by Crippen LogP contribution is 2.19. The van der Waals surface area contributed by atoms with E-state index >= 15 is 0 Å². The molecule has 0 radical (unpaired) electrons. The number of carbonyl (C=O) groups excluding carboxylic acids is 1. The fraction of sp³-hybridized carbons (Fsp3) is 0.895. The molecule has 1 unspecified atom stereocenters. The molecular weight excluding hydrogens is 520 g/mol. The quantitative estimate of drug-likeness (QED) is 0.0458. The van der Waals surface area contributed by atoms with Crippen LogP contribution in [0.3, 0.4) is 0 Å². The highest BCUT2D eigenvalue weighted by Gasteiger charge is 2.14. The third-order valence-corrected chi connectivity index (χ3v) is 8.49. The van der Waals surface area contributed by atoms with E-state index in [4.69, 9.17) is 9.84 Å². The molecule has 0 aliphatic rings. The molecule has 0 saturated carbocycles. The van der Waals surface area contributed by atoms with Gasteiger partial charge in [0.25, 0.3) is 0 Å². The van der Waals surface area contributed by atoms with Crippen LogP contribution >= 0.6 is 0 Å². The lowest BCUT2D eigenvalue weighted by Gasteiger charge is -2.18. The van der Waals surface area contributed by atoms with Gasteiger partial charge in [-0.3, -0.25) is 9.59 Å². The Kier molecular flexibility index (Phi) is 33.1. The summed E-state index contributed by atoms with van der Waals surface area (Å²) in [5.41, 5.74) is 0. The molecule has 0 amide bonds. The van der Waals surface area contributed by atoms with E-state index in [0.717, 1.165) is 57.8 Å². The summed E-state index contributed by atoms with van der Waals surface area (Å²) in [5, 5.41) is 8.83. The van der Waals surface area contributed by atoms with Gasteiger partial charge in [-0.15, -0.1) is 0 Å². The third kappa shape index (κ3) is 33.2. The van der Waals surface area contributed by atoms with E-state index in [0.29, 0.717) is 6.42 Å². The third-order valence-electron chi connectivity index (χ3n) is 8.49. The van der Waals surface area contributed by atoms with Crippen molar-refractivity contribution in [2.24, 2.45) is 0 Å². The minimum atomic E-state index is -0.709. The fourth-order valence-corrected chi connectivity index (χ4v) is 5.69. The summed E-state index contributed by atoms with van der Waals surface area (Å²) in [6, 6.07) is 0. The van der Waals surface area contributed by atoms with Crippen LogP contribution in [0, 0.1) is 0 Å². The number of carboxylic acid groups (broad SMARTS) is 1. The zero-order valence-corrected chi connectivity index (χ0v) is 28.3. The molecule has 0 saturated heterocycles. The van der Waals surface area contributed by atoms with Crippen LogP contribution in [0.1, 0.15) is 213 Å². The Morgan fingerprint density at radius 3 is 1.36 bits per heavy atom. The van der Waals surface area contributed by atoms with Gasteiger partial charge >= 0.3 is 11.9 Å². The second-order valence-electron chi connectivity index (χ2n) is 12.8. The van der Waals surface area contributed by atoms with Gasteiger partial charge in [0.05, 0.1) is 0 Å². The topological polar surface area (TPSA) is 63.6 Å². The van der Waals surface area contributed by atoms with Gasteiger partial charge in [0.15, 0.2) is 0 Å². The molecular formula is C38H72O4. The summed E-state index contributed by atoms with van der Waals surface area (Å²) >= 11 is 0. The van der Waals surface area contributed by atoms with Crippen molar-refractivity contribution in [2.75, 3.05) is 0 Å². The Bertz CT molecular complexity index is 600. The molecule has 4 nitrogen and oxygen atoms in total. The van der Waals surface area contributed by atoms with Crippen molar-refractivity contribution >= 4 is 11.9 Å². The van der Waals surface area contributed by atoms with Crippen molar-refractivity contribution in [3.63, 3.8) is 0 Å². The molecule has 1 N–H and O–H groups in total. The number of rotatable bonds is 34. The predicted molar refractivity (Wildman–Crippen MR) is 181 cm³/mol. The Hall–Kier alpha value is -1.32. The van der Waals surface area contributed by atoms with Gasteiger partial charge in [-0.05, 0) is 57.8 Å². The molecule has 0 rings (SSSR count). The summed E-state index contributed by atoms with van der Waals surface area (Å²) in [6.07, 6.45) is 40.8. The average Bonchev–Trinajstić information content (AvgIpc) is 2.97. The van der Waals surface area contributed by atoms with Gasteiger partial charge in [-0.25, -0.2) is 0 Å². The first kappa shape index (κ1) is 40.7. The van der Waals surface area contributed by atoms with E-state index in [-0.39, 0.29) is 18.5 Å². The number of carbonyl (C=O) groups is 2. The number of aliphatic carboxylic acids is 1. The van der Waals surface area contributed by atoms with Gasteiger partial charge in [-0.2, -0.15) is 0 Å². The van der Waals surface area contributed by atoms with Crippen molar-refractivity contribution in [3.8, 4) is 0 Å². The van der Waals surface area contributed by atoms with Crippen LogP contribution in [0.4, 0.5) is 0 Å². The van der Waals surface area contributed by atoms with Gasteiger partial charge in [0.2, 0.25) is 0 Å². The molecule has 0 aliphatic carbocycles. The lowest BCUT2D eigenvalue weighted by molar-refractivity contribution is -0.150. The van der Waals surface area contributed by atoms with E-state index < -0.39 is 5.97 Å². The maximum Gasteiger partial charge on any atom is 0.306 e. The number of ether oxygens (including phenoxy) is 1. The van der Waals surface area contributed by atoms with Gasteiger partial charge in [0.1, 0.15) is 6.10 Å². The van der Waals surface area contributed by atoms with Gasteiger partial charge < -0.3 is 9.84 Å². The molecule has 0 heterocycles. The lowest BCUT2D eigenvalue weighted by Crippen LogP contribution is -2.18. The van der Waals surface area contributed by atoms with E-state index in [2.05, 4.69) is 26.0 Å². The monoisotopic (exact) mass is 593 g/mol. The number of hydrogen-bond acceptors (Lipinski definition) is 3. The van der Waals surface area contributed by atoms with Crippen molar-refractivity contribution in [1.82, 2.24) is 0 Å².